The molecule has 0 amide bonds. The Morgan fingerprint density at radius 3 is 2.30 bits per heavy atom. The molecule has 0 aromatic heterocycles. The number of hydrogen-bond donors (Lipinski definition) is 2. The van der Waals surface area contributed by atoms with E-state index in [4.69, 9.17) is 0 Å². The van der Waals surface area contributed by atoms with E-state index in [9.17, 15) is 5.11 Å². The lowest BCUT2D eigenvalue weighted by Crippen LogP contribution is -2.51. The maximum absolute atomic E-state index is 9.40. The summed E-state index contributed by atoms with van der Waals surface area (Å²) in [4.78, 5) is 0. The van der Waals surface area contributed by atoms with Crippen LogP contribution >= 0.6 is 0 Å². The highest BCUT2D eigenvalue weighted by Gasteiger charge is 2.27. The topological polar surface area (TPSA) is 32.3 Å². The minimum atomic E-state index is -0.147. The number of hydrogen-bond acceptors (Lipinski definition) is 2. The van der Waals surface area contributed by atoms with Crippen LogP contribution in [0.2, 0.25) is 0 Å². The molecule has 0 spiro atoms. The normalized spacial score (nSPS) is 49.2. The van der Waals surface area contributed by atoms with E-state index in [-0.39, 0.29) is 12.1 Å². The van der Waals surface area contributed by atoms with Crippen LogP contribution < -0.4 is 5.32 Å². The first-order valence-corrected chi connectivity index (χ1v) is 4.05. The average Bonchev–Trinajstić information content (AvgIpc) is 1.84. The van der Waals surface area contributed by atoms with Gasteiger partial charge in [0, 0.05) is 12.1 Å². The number of rotatable bonds is 0. The third-order valence-corrected chi connectivity index (χ3v) is 2.57. The highest BCUT2D eigenvalue weighted by molar-refractivity contribution is 4.85. The molecule has 1 fully saturated rings. The van der Waals surface area contributed by atoms with Gasteiger partial charge in [0.25, 0.3) is 0 Å². The smallest absolute Gasteiger partial charge is 0.0693 e. The number of aliphatic hydroxyl groups excluding tert-OH is 1. The molecule has 1 aliphatic rings. The molecule has 0 aromatic carbocycles. The van der Waals surface area contributed by atoms with Crippen molar-refractivity contribution in [2.75, 3.05) is 0 Å². The Morgan fingerprint density at radius 2 is 1.80 bits per heavy atom. The molecular weight excluding hydrogens is 126 g/mol. The zero-order valence-corrected chi connectivity index (χ0v) is 6.96. The van der Waals surface area contributed by atoms with Gasteiger partial charge in [-0.15, -0.1) is 0 Å². The van der Waals surface area contributed by atoms with Crippen LogP contribution in [0.1, 0.15) is 27.2 Å². The second kappa shape index (κ2) is 2.89. The Hall–Kier alpha value is -0.0800. The average molecular weight is 143 g/mol. The summed E-state index contributed by atoms with van der Waals surface area (Å²) in [6.07, 6.45) is 0.793. The van der Waals surface area contributed by atoms with Gasteiger partial charge in [-0.05, 0) is 26.2 Å². The standard InChI is InChI=1S/C8H17NO/c1-5-4-8(10)7(3)9-6(5)2/h5-10H,4H2,1-3H3/t5?,6-,7+,8?/m0/s1. The fourth-order valence-corrected chi connectivity index (χ4v) is 1.48. The SMILES string of the molecule is CC1CC(O)[C@@H](C)N[C@H]1C. The van der Waals surface area contributed by atoms with Gasteiger partial charge in [-0.25, -0.2) is 0 Å². The largest absolute Gasteiger partial charge is 0.392 e. The molecule has 60 valence electrons. The molecule has 4 atom stereocenters. The second-order valence-electron chi connectivity index (χ2n) is 3.52. The van der Waals surface area contributed by atoms with Gasteiger partial charge in [0.15, 0.2) is 0 Å². The summed E-state index contributed by atoms with van der Waals surface area (Å²) in [5.41, 5.74) is 0. The Labute approximate surface area is 62.6 Å². The molecule has 0 bridgehead atoms. The molecule has 2 nitrogen and oxygen atoms in total. The first kappa shape index (κ1) is 8.02. The molecule has 2 heteroatoms. The molecule has 1 aliphatic heterocycles. The quantitative estimate of drug-likeness (QED) is 0.524. The van der Waals surface area contributed by atoms with Gasteiger partial charge in [0.2, 0.25) is 0 Å². The van der Waals surface area contributed by atoms with Gasteiger partial charge < -0.3 is 10.4 Å². The van der Waals surface area contributed by atoms with Crippen molar-refractivity contribution in [3.05, 3.63) is 0 Å². The minimum Gasteiger partial charge on any atom is -0.392 e. The van der Waals surface area contributed by atoms with Crippen LogP contribution in [-0.2, 0) is 0 Å². The van der Waals surface area contributed by atoms with Crippen LogP contribution in [0.4, 0.5) is 0 Å². The van der Waals surface area contributed by atoms with Crippen LogP contribution in [0.3, 0.4) is 0 Å². The molecule has 10 heavy (non-hydrogen) atoms. The van der Waals surface area contributed by atoms with E-state index >= 15 is 0 Å². The highest BCUT2D eigenvalue weighted by Crippen LogP contribution is 2.18. The van der Waals surface area contributed by atoms with Crippen molar-refractivity contribution in [3.8, 4) is 0 Å². The number of aliphatic hydroxyl groups is 1. The van der Waals surface area contributed by atoms with Gasteiger partial charge >= 0.3 is 0 Å². The summed E-state index contributed by atoms with van der Waals surface area (Å²) in [5.74, 6) is 0.603. The molecular formula is C8H17NO. The summed E-state index contributed by atoms with van der Waals surface area (Å²) in [6.45, 7) is 6.38. The summed E-state index contributed by atoms with van der Waals surface area (Å²) < 4.78 is 0. The fraction of sp³-hybridized carbons (Fsp3) is 1.00. The highest BCUT2D eigenvalue weighted by atomic mass is 16.3. The van der Waals surface area contributed by atoms with E-state index in [2.05, 4.69) is 19.2 Å². The lowest BCUT2D eigenvalue weighted by atomic mass is 9.88. The number of piperidine rings is 1. The van der Waals surface area contributed by atoms with Crippen molar-refractivity contribution in [1.29, 1.82) is 0 Å². The van der Waals surface area contributed by atoms with Crippen molar-refractivity contribution >= 4 is 0 Å². The molecule has 1 heterocycles. The van der Waals surface area contributed by atoms with E-state index in [1.165, 1.54) is 0 Å². The zero-order valence-electron chi connectivity index (χ0n) is 6.96. The van der Waals surface area contributed by atoms with Gasteiger partial charge in [0.1, 0.15) is 0 Å². The van der Waals surface area contributed by atoms with E-state index in [0.717, 1.165) is 6.42 Å². The Bertz CT molecular complexity index is 89.8. The molecule has 0 saturated carbocycles. The Balaban J connectivity index is 2.46. The van der Waals surface area contributed by atoms with Crippen molar-refractivity contribution < 1.29 is 5.11 Å². The fourth-order valence-electron chi connectivity index (χ4n) is 1.48. The summed E-state index contributed by atoms with van der Waals surface area (Å²) in [6, 6.07) is 0.824. The summed E-state index contributed by atoms with van der Waals surface area (Å²) >= 11 is 0. The maximum atomic E-state index is 9.40. The third kappa shape index (κ3) is 1.50. The van der Waals surface area contributed by atoms with Crippen molar-refractivity contribution in [3.63, 3.8) is 0 Å². The van der Waals surface area contributed by atoms with Gasteiger partial charge in [-0.1, -0.05) is 6.92 Å². The summed E-state index contributed by atoms with van der Waals surface area (Å²) in [5, 5.41) is 12.7. The van der Waals surface area contributed by atoms with E-state index in [0.29, 0.717) is 12.0 Å². The molecule has 2 N–H and O–H groups in total. The van der Waals surface area contributed by atoms with Gasteiger partial charge in [0.05, 0.1) is 6.10 Å². The lowest BCUT2D eigenvalue weighted by Gasteiger charge is -2.35. The minimum absolute atomic E-state index is 0.147. The maximum Gasteiger partial charge on any atom is 0.0693 e. The van der Waals surface area contributed by atoms with Gasteiger partial charge in [-0.2, -0.15) is 0 Å². The van der Waals surface area contributed by atoms with Crippen LogP contribution in [0.15, 0.2) is 0 Å². The van der Waals surface area contributed by atoms with Crippen LogP contribution in [0, 0.1) is 5.92 Å². The molecule has 0 radical (unpaired) electrons. The first-order chi connectivity index (χ1) is 4.61. The Kier molecular flexibility index (Phi) is 2.32. The van der Waals surface area contributed by atoms with E-state index < -0.39 is 0 Å². The van der Waals surface area contributed by atoms with Crippen molar-refractivity contribution in [1.82, 2.24) is 5.32 Å². The van der Waals surface area contributed by atoms with E-state index in [1.807, 2.05) is 6.92 Å². The summed E-state index contributed by atoms with van der Waals surface area (Å²) in [7, 11) is 0. The van der Waals surface area contributed by atoms with Crippen LogP contribution in [0.5, 0.6) is 0 Å². The van der Waals surface area contributed by atoms with Crippen LogP contribution in [0.25, 0.3) is 0 Å². The van der Waals surface area contributed by atoms with Gasteiger partial charge in [-0.3, -0.25) is 0 Å². The first-order valence-electron chi connectivity index (χ1n) is 4.05. The molecule has 1 rings (SSSR count). The van der Waals surface area contributed by atoms with Crippen LogP contribution in [-0.4, -0.2) is 23.3 Å². The zero-order chi connectivity index (χ0) is 7.72. The lowest BCUT2D eigenvalue weighted by molar-refractivity contribution is 0.0635. The Morgan fingerprint density at radius 1 is 1.20 bits per heavy atom. The third-order valence-electron chi connectivity index (χ3n) is 2.57. The number of nitrogens with one attached hydrogen (secondary N) is 1. The molecule has 0 aromatic rings. The van der Waals surface area contributed by atoms with E-state index in [1.54, 1.807) is 0 Å². The predicted molar refractivity (Wildman–Crippen MR) is 41.8 cm³/mol. The second-order valence-corrected chi connectivity index (χ2v) is 3.52. The van der Waals surface area contributed by atoms with Crippen molar-refractivity contribution in [2.24, 2.45) is 5.92 Å². The molecule has 1 saturated heterocycles. The van der Waals surface area contributed by atoms with Crippen molar-refractivity contribution in [2.45, 2.75) is 45.4 Å². The predicted octanol–water partition coefficient (Wildman–Crippen LogP) is 0.754. The monoisotopic (exact) mass is 143 g/mol. The molecule has 2 unspecified atom stereocenters. The molecule has 0 aliphatic carbocycles.